The predicted molar refractivity (Wildman–Crippen MR) is 83.2 cm³/mol. The van der Waals surface area contributed by atoms with E-state index in [4.69, 9.17) is 5.11 Å². The summed E-state index contributed by atoms with van der Waals surface area (Å²) in [6.07, 6.45) is 16.9. The second-order valence-corrected chi connectivity index (χ2v) is 5.63. The third kappa shape index (κ3) is 7.37. The van der Waals surface area contributed by atoms with Crippen LogP contribution in [0.3, 0.4) is 0 Å². The van der Waals surface area contributed by atoms with Crippen molar-refractivity contribution in [3.63, 3.8) is 0 Å². The van der Waals surface area contributed by atoms with Gasteiger partial charge in [0.15, 0.2) is 0 Å². The highest BCUT2D eigenvalue weighted by molar-refractivity contribution is 5.87. The van der Waals surface area contributed by atoms with Crippen molar-refractivity contribution in [2.75, 3.05) is 0 Å². The van der Waals surface area contributed by atoms with E-state index in [0.717, 1.165) is 13.0 Å². The first-order valence-electron chi connectivity index (χ1n) is 8.13. The van der Waals surface area contributed by atoms with Crippen LogP contribution >= 0.6 is 0 Å². The molecule has 1 rings (SSSR count). The van der Waals surface area contributed by atoms with Crippen molar-refractivity contribution in [3.8, 4) is 0 Å². The van der Waals surface area contributed by atoms with Crippen LogP contribution in [-0.2, 0) is 6.54 Å². The molecule has 0 aromatic carbocycles. The summed E-state index contributed by atoms with van der Waals surface area (Å²) < 4.78 is 1.98. The molecule has 20 heavy (non-hydrogen) atoms. The molecule has 1 aromatic heterocycles. The van der Waals surface area contributed by atoms with Crippen LogP contribution in [0.1, 0.15) is 81.5 Å². The molecule has 0 atom stereocenters. The maximum Gasteiger partial charge on any atom is 0.337 e. The largest absolute Gasteiger partial charge is 0.478 e. The van der Waals surface area contributed by atoms with Crippen LogP contribution in [0.4, 0.5) is 0 Å². The van der Waals surface area contributed by atoms with Crippen LogP contribution in [0.25, 0.3) is 0 Å². The number of hydrogen-bond donors (Lipinski definition) is 1. The molecule has 0 saturated heterocycles. The first kappa shape index (κ1) is 16.8. The van der Waals surface area contributed by atoms with Crippen molar-refractivity contribution in [1.29, 1.82) is 0 Å². The van der Waals surface area contributed by atoms with Gasteiger partial charge in [-0.15, -0.1) is 0 Å². The Morgan fingerprint density at radius 2 is 1.55 bits per heavy atom. The third-order valence-electron chi connectivity index (χ3n) is 3.77. The van der Waals surface area contributed by atoms with E-state index in [-0.39, 0.29) is 0 Å². The van der Waals surface area contributed by atoms with Gasteiger partial charge >= 0.3 is 5.97 Å². The van der Waals surface area contributed by atoms with Gasteiger partial charge in [0.25, 0.3) is 0 Å². The van der Waals surface area contributed by atoms with E-state index in [1.54, 1.807) is 12.3 Å². The molecule has 0 bridgehead atoms. The zero-order valence-electron chi connectivity index (χ0n) is 12.8. The van der Waals surface area contributed by atoms with Gasteiger partial charge in [-0.3, -0.25) is 0 Å². The molecule has 114 valence electrons. The monoisotopic (exact) mass is 279 g/mol. The average molecular weight is 279 g/mol. The van der Waals surface area contributed by atoms with E-state index in [0.29, 0.717) is 5.56 Å². The summed E-state index contributed by atoms with van der Waals surface area (Å²) in [6.45, 7) is 3.19. The molecule has 0 saturated carbocycles. The van der Waals surface area contributed by atoms with Crippen LogP contribution in [0.15, 0.2) is 18.5 Å². The van der Waals surface area contributed by atoms with Gasteiger partial charge in [-0.2, -0.15) is 0 Å². The number of nitrogens with zero attached hydrogens (tertiary/aromatic N) is 1. The van der Waals surface area contributed by atoms with Crippen LogP contribution in [0, 0.1) is 0 Å². The molecule has 3 nitrogen and oxygen atoms in total. The summed E-state index contributed by atoms with van der Waals surface area (Å²) in [5.74, 6) is -0.841. The molecule has 1 heterocycles. The minimum Gasteiger partial charge on any atom is -0.478 e. The molecule has 0 aliphatic heterocycles. The Morgan fingerprint density at radius 1 is 1.00 bits per heavy atom. The Balaban J connectivity index is 1.93. The van der Waals surface area contributed by atoms with Crippen molar-refractivity contribution in [2.45, 2.75) is 77.7 Å². The van der Waals surface area contributed by atoms with Crippen LogP contribution in [0.2, 0.25) is 0 Å². The Bertz CT molecular complexity index is 371. The van der Waals surface area contributed by atoms with Gasteiger partial charge in [-0.25, -0.2) is 4.79 Å². The number of unbranched alkanes of at least 4 members (excludes halogenated alkanes) is 9. The number of hydrogen-bond acceptors (Lipinski definition) is 1. The van der Waals surface area contributed by atoms with Gasteiger partial charge < -0.3 is 9.67 Å². The SMILES string of the molecule is CCCCCCCCCCCCn1ccc(C(=O)O)c1. The van der Waals surface area contributed by atoms with Gasteiger partial charge in [0.2, 0.25) is 0 Å². The van der Waals surface area contributed by atoms with Crippen LogP contribution in [0.5, 0.6) is 0 Å². The summed E-state index contributed by atoms with van der Waals surface area (Å²) in [4.78, 5) is 10.7. The maximum absolute atomic E-state index is 10.7. The molecule has 0 amide bonds. The van der Waals surface area contributed by atoms with E-state index in [1.165, 1.54) is 57.8 Å². The van der Waals surface area contributed by atoms with E-state index < -0.39 is 5.97 Å². The fraction of sp³-hybridized carbons (Fsp3) is 0.706. The summed E-state index contributed by atoms with van der Waals surface area (Å²) in [5.41, 5.74) is 0.386. The summed E-state index contributed by atoms with van der Waals surface area (Å²) in [6, 6.07) is 1.67. The molecular formula is C17H29NO2. The van der Waals surface area contributed by atoms with E-state index in [1.807, 2.05) is 10.8 Å². The third-order valence-corrected chi connectivity index (χ3v) is 3.77. The predicted octanol–water partition coefficient (Wildman–Crippen LogP) is 5.11. The summed E-state index contributed by atoms with van der Waals surface area (Å²) in [7, 11) is 0. The number of aryl methyl sites for hydroxylation is 1. The molecule has 0 radical (unpaired) electrons. The van der Waals surface area contributed by atoms with Gasteiger partial charge in [0, 0.05) is 18.9 Å². The standard InChI is InChI=1S/C17H29NO2/c1-2-3-4-5-6-7-8-9-10-11-13-18-14-12-16(15-18)17(19)20/h12,14-15H,2-11,13H2,1H3,(H,19,20). The number of carboxylic acids is 1. The zero-order chi connectivity index (χ0) is 14.6. The first-order chi connectivity index (χ1) is 9.74. The van der Waals surface area contributed by atoms with Crippen LogP contribution in [-0.4, -0.2) is 15.6 Å². The molecule has 3 heteroatoms. The molecule has 0 aliphatic rings. The number of aromatic nitrogens is 1. The minimum atomic E-state index is -0.841. The second-order valence-electron chi connectivity index (χ2n) is 5.63. The number of carboxylic acid groups (broad SMARTS) is 1. The molecule has 1 aromatic rings. The topological polar surface area (TPSA) is 42.2 Å². The van der Waals surface area contributed by atoms with Gasteiger partial charge in [-0.05, 0) is 12.5 Å². The van der Waals surface area contributed by atoms with Crippen molar-refractivity contribution in [3.05, 3.63) is 24.0 Å². The van der Waals surface area contributed by atoms with E-state index in [2.05, 4.69) is 6.92 Å². The molecular weight excluding hydrogens is 250 g/mol. The Kier molecular flexibility index (Phi) is 8.84. The molecule has 1 N–H and O–H groups in total. The zero-order valence-corrected chi connectivity index (χ0v) is 12.8. The first-order valence-corrected chi connectivity index (χ1v) is 8.13. The van der Waals surface area contributed by atoms with Gasteiger partial charge in [0.05, 0.1) is 5.56 Å². The van der Waals surface area contributed by atoms with Crippen molar-refractivity contribution >= 4 is 5.97 Å². The van der Waals surface area contributed by atoms with Gasteiger partial charge in [-0.1, -0.05) is 64.7 Å². The fourth-order valence-electron chi connectivity index (χ4n) is 2.49. The quantitative estimate of drug-likeness (QED) is 0.540. The smallest absolute Gasteiger partial charge is 0.337 e. The van der Waals surface area contributed by atoms with Crippen LogP contribution < -0.4 is 0 Å². The lowest BCUT2D eigenvalue weighted by Gasteiger charge is -2.03. The number of aromatic carboxylic acids is 1. The molecule has 0 unspecified atom stereocenters. The van der Waals surface area contributed by atoms with Crippen molar-refractivity contribution in [1.82, 2.24) is 4.57 Å². The Hall–Kier alpha value is -1.25. The normalized spacial score (nSPS) is 10.8. The minimum absolute atomic E-state index is 0.386. The lowest BCUT2D eigenvalue weighted by atomic mass is 10.1. The van der Waals surface area contributed by atoms with E-state index >= 15 is 0 Å². The lowest BCUT2D eigenvalue weighted by Crippen LogP contribution is -1.96. The average Bonchev–Trinajstić information content (AvgIpc) is 2.90. The number of carbonyl (C=O) groups is 1. The lowest BCUT2D eigenvalue weighted by molar-refractivity contribution is 0.0697. The molecule has 0 spiro atoms. The Morgan fingerprint density at radius 3 is 2.05 bits per heavy atom. The number of rotatable bonds is 12. The van der Waals surface area contributed by atoms with E-state index in [9.17, 15) is 4.79 Å². The fourth-order valence-corrected chi connectivity index (χ4v) is 2.49. The summed E-state index contributed by atoms with van der Waals surface area (Å²) >= 11 is 0. The van der Waals surface area contributed by atoms with Crippen molar-refractivity contribution in [2.24, 2.45) is 0 Å². The highest BCUT2D eigenvalue weighted by Crippen LogP contribution is 2.11. The Labute approximate surface area is 123 Å². The second kappa shape index (κ2) is 10.5. The molecule has 0 fully saturated rings. The maximum atomic E-state index is 10.7. The van der Waals surface area contributed by atoms with Crippen molar-refractivity contribution < 1.29 is 9.90 Å². The summed E-state index contributed by atoms with van der Waals surface area (Å²) in [5, 5.41) is 8.83. The highest BCUT2D eigenvalue weighted by atomic mass is 16.4. The highest BCUT2D eigenvalue weighted by Gasteiger charge is 2.03. The van der Waals surface area contributed by atoms with Gasteiger partial charge in [0.1, 0.15) is 0 Å². The molecule has 0 aliphatic carbocycles.